The highest BCUT2D eigenvalue weighted by Crippen LogP contribution is 2.21. The standard InChI is InChI=1S/C14H11ClFNO/c1-9(13-4-2-3-7-17-13)14(18)10-5-6-11(15)12(16)8-10/h2-9H,1H3. The molecular weight excluding hydrogens is 253 g/mol. The van der Waals surface area contributed by atoms with Crippen molar-refractivity contribution in [2.45, 2.75) is 12.8 Å². The molecule has 0 aliphatic heterocycles. The maximum absolute atomic E-state index is 13.3. The van der Waals surface area contributed by atoms with E-state index in [4.69, 9.17) is 11.6 Å². The summed E-state index contributed by atoms with van der Waals surface area (Å²) in [5.74, 6) is -1.17. The van der Waals surface area contributed by atoms with Crippen molar-refractivity contribution in [3.8, 4) is 0 Å². The number of hydrogen-bond acceptors (Lipinski definition) is 2. The number of aromatic nitrogens is 1. The molecule has 0 spiro atoms. The minimum atomic E-state index is -0.587. The Balaban J connectivity index is 2.29. The monoisotopic (exact) mass is 263 g/mol. The Morgan fingerprint density at radius 1 is 1.33 bits per heavy atom. The highest BCUT2D eigenvalue weighted by Gasteiger charge is 2.19. The zero-order valence-corrected chi connectivity index (χ0v) is 10.5. The second-order valence-corrected chi connectivity index (χ2v) is 4.38. The average Bonchev–Trinajstić information content (AvgIpc) is 2.41. The van der Waals surface area contributed by atoms with Crippen LogP contribution in [0.15, 0.2) is 42.6 Å². The predicted molar refractivity (Wildman–Crippen MR) is 68.4 cm³/mol. The van der Waals surface area contributed by atoms with Crippen molar-refractivity contribution in [1.29, 1.82) is 0 Å². The van der Waals surface area contributed by atoms with Gasteiger partial charge in [-0.25, -0.2) is 4.39 Å². The molecule has 1 aromatic heterocycles. The number of nitrogens with zero attached hydrogens (tertiary/aromatic N) is 1. The molecule has 1 unspecified atom stereocenters. The summed E-state index contributed by atoms with van der Waals surface area (Å²) in [6.07, 6.45) is 1.63. The Morgan fingerprint density at radius 3 is 2.72 bits per heavy atom. The van der Waals surface area contributed by atoms with Crippen molar-refractivity contribution in [2.75, 3.05) is 0 Å². The number of ketones is 1. The van der Waals surface area contributed by atoms with Gasteiger partial charge in [0.05, 0.1) is 16.6 Å². The molecule has 0 saturated carbocycles. The van der Waals surface area contributed by atoms with Gasteiger partial charge in [-0.2, -0.15) is 0 Å². The average molecular weight is 264 g/mol. The summed E-state index contributed by atoms with van der Waals surface area (Å²) in [4.78, 5) is 16.3. The van der Waals surface area contributed by atoms with Crippen LogP contribution in [-0.2, 0) is 0 Å². The summed E-state index contributed by atoms with van der Waals surface area (Å²) < 4.78 is 13.3. The van der Waals surface area contributed by atoms with E-state index in [0.29, 0.717) is 11.3 Å². The molecule has 2 nitrogen and oxygen atoms in total. The van der Waals surface area contributed by atoms with Crippen molar-refractivity contribution in [3.05, 3.63) is 64.7 Å². The van der Waals surface area contributed by atoms with Crippen molar-refractivity contribution < 1.29 is 9.18 Å². The molecule has 0 amide bonds. The van der Waals surface area contributed by atoms with Crippen LogP contribution in [0.2, 0.25) is 5.02 Å². The quantitative estimate of drug-likeness (QED) is 0.787. The maximum atomic E-state index is 13.3. The number of Topliss-reactive ketones (excluding diaryl/α,β-unsaturated/α-hetero) is 1. The van der Waals surface area contributed by atoms with E-state index in [9.17, 15) is 9.18 Å². The van der Waals surface area contributed by atoms with Gasteiger partial charge in [0.1, 0.15) is 5.82 Å². The summed E-state index contributed by atoms with van der Waals surface area (Å²) >= 11 is 5.58. The lowest BCUT2D eigenvalue weighted by Crippen LogP contribution is -2.11. The van der Waals surface area contributed by atoms with Crippen LogP contribution in [0.25, 0.3) is 0 Å². The molecule has 1 aromatic carbocycles. The number of carbonyl (C=O) groups excluding carboxylic acids is 1. The number of rotatable bonds is 3. The Kier molecular flexibility index (Phi) is 3.72. The third-order valence-electron chi connectivity index (χ3n) is 2.73. The van der Waals surface area contributed by atoms with Crippen molar-refractivity contribution >= 4 is 17.4 Å². The highest BCUT2D eigenvalue weighted by molar-refractivity contribution is 6.30. The van der Waals surface area contributed by atoms with E-state index < -0.39 is 11.7 Å². The molecular formula is C14H11ClFNO. The van der Waals surface area contributed by atoms with Gasteiger partial charge in [-0.05, 0) is 37.3 Å². The molecule has 0 aliphatic rings. The third kappa shape index (κ3) is 2.57. The maximum Gasteiger partial charge on any atom is 0.171 e. The summed E-state index contributed by atoms with van der Waals surface area (Å²) in [5, 5.41) is 0.0111. The number of hydrogen-bond donors (Lipinski definition) is 0. The third-order valence-corrected chi connectivity index (χ3v) is 3.04. The van der Waals surface area contributed by atoms with E-state index in [0.717, 1.165) is 6.07 Å². The van der Waals surface area contributed by atoms with Crippen LogP contribution in [0, 0.1) is 5.82 Å². The van der Waals surface area contributed by atoms with Gasteiger partial charge in [0.25, 0.3) is 0 Å². The van der Waals surface area contributed by atoms with Crippen LogP contribution in [0.3, 0.4) is 0 Å². The van der Waals surface area contributed by atoms with E-state index in [1.807, 2.05) is 6.07 Å². The Hall–Kier alpha value is -1.74. The van der Waals surface area contributed by atoms with Gasteiger partial charge in [0.2, 0.25) is 0 Å². The zero-order valence-electron chi connectivity index (χ0n) is 9.73. The molecule has 4 heteroatoms. The molecule has 92 valence electrons. The van der Waals surface area contributed by atoms with Gasteiger partial charge >= 0.3 is 0 Å². The smallest absolute Gasteiger partial charge is 0.171 e. The van der Waals surface area contributed by atoms with Crippen LogP contribution in [0.5, 0.6) is 0 Å². The van der Waals surface area contributed by atoms with Crippen LogP contribution >= 0.6 is 11.6 Å². The van der Waals surface area contributed by atoms with Crippen molar-refractivity contribution in [3.63, 3.8) is 0 Å². The first kappa shape index (κ1) is 12.7. The molecule has 0 saturated heterocycles. The fourth-order valence-corrected chi connectivity index (χ4v) is 1.78. The summed E-state index contributed by atoms with van der Waals surface area (Å²) in [6, 6.07) is 9.43. The molecule has 18 heavy (non-hydrogen) atoms. The molecule has 0 radical (unpaired) electrons. The fraction of sp³-hybridized carbons (Fsp3) is 0.143. The first-order valence-corrected chi connectivity index (χ1v) is 5.87. The minimum absolute atomic E-state index is 0.0111. The van der Waals surface area contributed by atoms with E-state index in [1.54, 1.807) is 25.3 Å². The zero-order chi connectivity index (χ0) is 13.1. The lowest BCUT2D eigenvalue weighted by Gasteiger charge is -2.10. The summed E-state index contributed by atoms with van der Waals surface area (Å²) in [5.41, 5.74) is 0.966. The molecule has 0 fully saturated rings. The van der Waals surface area contributed by atoms with Gasteiger partial charge < -0.3 is 0 Å². The molecule has 2 aromatic rings. The molecule has 0 N–H and O–H groups in total. The van der Waals surface area contributed by atoms with Crippen molar-refractivity contribution in [2.24, 2.45) is 0 Å². The number of benzene rings is 1. The molecule has 0 aliphatic carbocycles. The molecule has 2 rings (SSSR count). The molecule has 0 bridgehead atoms. The van der Waals surface area contributed by atoms with Crippen LogP contribution < -0.4 is 0 Å². The van der Waals surface area contributed by atoms with E-state index in [2.05, 4.69) is 4.98 Å². The first-order valence-electron chi connectivity index (χ1n) is 5.50. The van der Waals surface area contributed by atoms with E-state index in [-0.39, 0.29) is 10.8 Å². The SMILES string of the molecule is CC(C(=O)c1ccc(Cl)c(F)c1)c1ccccn1. The van der Waals surface area contributed by atoms with E-state index >= 15 is 0 Å². The van der Waals surface area contributed by atoms with Gasteiger partial charge in [-0.3, -0.25) is 9.78 Å². The highest BCUT2D eigenvalue weighted by atomic mass is 35.5. The Bertz CT molecular complexity index is 571. The van der Waals surface area contributed by atoms with Crippen LogP contribution in [-0.4, -0.2) is 10.8 Å². The van der Waals surface area contributed by atoms with Gasteiger partial charge in [0, 0.05) is 11.8 Å². The fourth-order valence-electron chi connectivity index (χ4n) is 1.67. The number of pyridine rings is 1. The minimum Gasteiger partial charge on any atom is -0.293 e. The number of halogens is 2. The number of carbonyl (C=O) groups is 1. The summed E-state index contributed by atoms with van der Waals surface area (Å²) in [6.45, 7) is 1.75. The van der Waals surface area contributed by atoms with Gasteiger partial charge in [-0.1, -0.05) is 17.7 Å². The van der Waals surface area contributed by atoms with Gasteiger partial charge in [0.15, 0.2) is 5.78 Å². The second-order valence-electron chi connectivity index (χ2n) is 3.97. The molecule has 1 heterocycles. The Labute approximate surface area is 109 Å². The van der Waals surface area contributed by atoms with Gasteiger partial charge in [-0.15, -0.1) is 0 Å². The normalized spacial score (nSPS) is 12.2. The lowest BCUT2D eigenvalue weighted by molar-refractivity contribution is 0.0964. The first-order chi connectivity index (χ1) is 8.59. The lowest BCUT2D eigenvalue weighted by atomic mass is 9.96. The van der Waals surface area contributed by atoms with Crippen molar-refractivity contribution in [1.82, 2.24) is 4.98 Å². The second kappa shape index (κ2) is 5.27. The van der Waals surface area contributed by atoms with Crippen LogP contribution in [0.1, 0.15) is 28.9 Å². The van der Waals surface area contributed by atoms with Crippen LogP contribution in [0.4, 0.5) is 4.39 Å². The summed E-state index contributed by atoms with van der Waals surface area (Å²) in [7, 11) is 0. The molecule has 1 atom stereocenters. The predicted octanol–water partition coefficient (Wildman–Crippen LogP) is 3.86. The Morgan fingerprint density at radius 2 is 2.11 bits per heavy atom. The largest absolute Gasteiger partial charge is 0.293 e. The topological polar surface area (TPSA) is 30.0 Å². The van der Waals surface area contributed by atoms with E-state index in [1.165, 1.54) is 12.1 Å².